The van der Waals surface area contributed by atoms with Gasteiger partial charge in [-0.15, -0.1) is 0 Å². The molecule has 0 aliphatic carbocycles. The fraction of sp³-hybridized carbons (Fsp3) is 0.167. The van der Waals surface area contributed by atoms with Crippen LogP contribution in [-0.4, -0.2) is 4.98 Å². The summed E-state index contributed by atoms with van der Waals surface area (Å²) >= 11 is 2.74. The Morgan fingerprint density at radius 3 is 2.33 bits per heavy atom. The van der Waals surface area contributed by atoms with Gasteiger partial charge >= 0.3 is 6.18 Å². The van der Waals surface area contributed by atoms with Gasteiger partial charge in [-0.2, -0.15) is 13.2 Å². The normalized spacial score (nSPS) is 11.8. The molecule has 0 atom stereocenters. The molecule has 1 aromatic rings. The highest BCUT2D eigenvalue weighted by atomic mass is 79.9. The molecule has 1 nitrogen and oxygen atoms in total. The van der Waals surface area contributed by atoms with E-state index in [1.165, 1.54) is 0 Å². The summed E-state index contributed by atoms with van der Waals surface area (Å²) in [5, 5.41) is 0. The first-order valence-electron chi connectivity index (χ1n) is 2.79. The van der Waals surface area contributed by atoms with E-state index in [1.54, 1.807) is 0 Å². The molecule has 12 heavy (non-hydrogen) atoms. The van der Waals surface area contributed by atoms with Crippen LogP contribution < -0.4 is 0 Å². The van der Waals surface area contributed by atoms with Crippen LogP contribution in [0.15, 0.2) is 16.9 Å². The molecule has 0 radical (unpaired) electrons. The van der Waals surface area contributed by atoms with E-state index in [4.69, 9.17) is 0 Å². The van der Waals surface area contributed by atoms with Gasteiger partial charge in [0, 0.05) is 12.3 Å². The number of alkyl halides is 3. The molecule has 0 amide bonds. The second-order valence-electron chi connectivity index (χ2n) is 1.98. The Hall–Kier alpha value is -0.650. The zero-order chi connectivity index (χ0) is 9.35. The van der Waals surface area contributed by atoms with Crippen molar-refractivity contribution in [3.05, 3.63) is 28.2 Å². The average Bonchev–Trinajstić information content (AvgIpc) is 1.83. The van der Waals surface area contributed by atoms with Crippen LogP contribution in [0.2, 0.25) is 0 Å². The van der Waals surface area contributed by atoms with E-state index in [2.05, 4.69) is 20.9 Å². The summed E-state index contributed by atoms with van der Waals surface area (Å²) in [4.78, 5) is 3.26. The van der Waals surface area contributed by atoms with Crippen molar-refractivity contribution in [2.45, 2.75) is 6.18 Å². The number of pyridine rings is 1. The van der Waals surface area contributed by atoms with Crippen molar-refractivity contribution in [2.75, 3.05) is 0 Å². The van der Waals surface area contributed by atoms with Crippen LogP contribution in [0, 0.1) is 5.82 Å². The topological polar surface area (TPSA) is 12.9 Å². The third-order valence-corrected chi connectivity index (χ3v) is 1.56. The Morgan fingerprint density at radius 2 is 1.92 bits per heavy atom. The first-order valence-corrected chi connectivity index (χ1v) is 3.59. The third kappa shape index (κ3) is 1.94. The highest BCUT2D eigenvalue weighted by Gasteiger charge is 2.34. The molecule has 66 valence electrons. The fourth-order valence-corrected chi connectivity index (χ4v) is 0.919. The van der Waals surface area contributed by atoms with Gasteiger partial charge in [0.1, 0.15) is 16.0 Å². The number of hydrogen-bond donors (Lipinski definition) is 0. The van der Waals surface area contributed by atoms with Crippen LogP contribution in [-0.2, 0) is 6.18 Å². The lowest BCUT2D eigenvalue weighted by Crippen LogP contribution is -2.08. The number of aromatic nitrogens is 1. The average molecular weight is 244 g/mol. The van der Waals surface area contributed by atoms with E-state index in [9.17, 15) is 17.6 Å². The summed E-state index contributed by atoms with van der Waals surface area (Å²) in [6, 6.07) is 0.669. The summed E-state index contributed by atoms with van der Waals surface area (Å²) in [5.41, 5.74) is -1.36. The van der Waals surface area contributed by atoms with Gasteiger partial charge in [-0.05, 0) is 15.9 Å². The minimum Gasteiger partial charge on any atom is -0.249 e. The van der Waals surface area contributed by atoms with E-state index in [-0.39, 0.29) is 4.60 Å². The molecular formula is C6H2BrF4N. The van der Waals surface area contributed by atoms with Crippen LogP contribution in [0.4, 0.5) is 17.6 Å². The Labute approximate surface area is 73.5 Å². The predicted octanol–water partition coefficient (Wildman–Crippen LogP) is 3.00. The molecule has 0 spiro atoms. The molecule has 0 aliphatic rings. The Morgan fingerprint density at radius 1 is 1.33 bits per heavy atom. The van der Waals surface area contributed by atoms with Gasteiger partial charge in [0.05, 0.1) is 0 Å². The minimum absolute atomic E-state index is 0.0352. The zero-order valence-electron chi connectivity index (χ0n) is 5.49. The van der Waals surface area contributed by atoms with Gasteiger partial charge in [-0.1, -0.05) is 0 Å². The molecule has 6 heteroatoms. The van der Waals surface area contributed by atoms with Crippen LogP contribution in [0.1, 0.15) is 5.56 Å². The first kappa shape index (κ1) is 9.44. The molecule has 0 N–H and O–H groups in total. The molecule has 0 fully saturated rings. The molecule has 1 heterocycles. The van der Waals surface area contributed by atoms with Crippen molar-refractivity contribution >= 4 is 15.9 Å². The first-order chi connectivity index (χ1) is 5.41. The Kier molecular flexibility index (Phi) is 2.36. The van der Waals surface area contributed by atoms with Crippen molar-refractivity contribution in [2.24, 2.45) is 0 Å². The van der Waals surface area contributed by atoms with Gasteiger partial charge in [0.25, 0.3) is 0 Å². The molecule has 0 aromatic carbocycles. The summed E-state index contributed by atoms with van der Waals surface area (Å²) in [5.74, 6) is -1.33. The standard InChI is InChI=1S/C6H2BrF4N/c7-5-1-4(8)3(2-12-5)6(9,10)11/h1-2H. The van der Waals surface area contributed by atoms with Gasteiger partial charge in [0.15, 0.2) is 0 Å². The second-order valence-corrected chi connectivity index (χ2v) is 2.80. The molecule has 0 saturated heterocycles. The fourth-order valence-electron chi connectivity index (χ4n) is 0.616. The molecule has 1 aromatic heterocycles. The SMILES string of the molecule is Fc1cc(Br)ncc1C(F)(F)F. The quantitative estimate of drug-likeness (QED) is 0.505. The molecule has 0 unspecified atom stereocenters. The van der Waals surface area contributed by atoms with Crippen LogP contribution in [0.3, 0.4) is 0 Å². The van der Waals surface area contributed by atoms with Gasteiger partial charge in [-0.25, -0.2) is 9.37 Å². The minimum atomic E-state index is -4.68. The van der Waals surface area contributed by atoms with Gasteiger partial charge in [0.2, 0.25) is 0 Å². The lowest BCUT2D eigenvalue weighted by Gasteiger charge is -2.06. The molecule has 0 saturated carbocycles. The molecule has 1 rings (SSSR count). The molecule has 0 bridgehead atoms. The summed E-state index contributed by atoms with van der Waals surface area (Å²) in [6.45, 7) is 0. The van der Waals surface area contributed by atoms with E-state index in [0.29, 0.717) is 12.3 Å². The van der Waals surface area contributed by atoms with E-state index in [0.717, 1.165) is 0 Å². The monoisotopic (exact) mass is 243 g/mol. The second kappa shape index (κ2) is 3.01. The maximum Gasteiger partial charge on any atom is 0.420 e. The summed E-state index contributed by atoms with van der Waals surface area (Å²) in [7, 11) is 0. The Balaban J connectivity index is 3.19. The number of nitrogens with zero attached hydrogens (tertiary/aromatic N) is 1. The summed E-state index contributed by atoms with van der Waals surface area (Å²) in [6.07, 6.45) is -4.24. The predicted molar refractivity (Wildman–Crippen MR) is 36.9 cm³/mol. The Bertz CT molecular complexity index is 296. The smallest absolute Gasteiger partial charge is 0.249 e. The van der Waals surface area contributed by atoms with Crippen LogP contribution in [0.5, 0.6) is 0 Å². The highest BCUT2D eigenvalue weighted by Crippen LogP contribution is 2.31. The van der Waals surface area contributed by atoms with Crippen molar-refractivity contribution in [1.82, 2.24) is 4.98 Å². The third-order valence-electron chi connectivity index (χ3n) is 1.13. The van der Waals surface area contributed by atoms with E-state index in [1.807, 2.05) is 0 Å². The molecular weight excluding hydrogens is 242 g/mol. The van der Waals surface area contributed by atoms with Crippen molar-refractivity contribution < 1.29 is 17.6 Å². The number of hydrogen-bond acceptors (Lipinski definition) is 1. The molecule has 0 aliphatic heterocycles. The van der Waals surface area contributed by atoms with E-state index >= 15 is 0 Å². The van der Waals surface area contributed by atoms with Gasteiger partial charge < -0.3 is 0 Å². The van der Waals surface area contributed by atoms with E-state index < -0.39 is 17.6 Å². The van der Waals surface area contributed by atoms with Crippen molar-refractivity contribution in [3.8, 4) is 0 Å². The zero-order valence-corrected chi connectivity index (χ0v) is 7.08. The lowest BCUT2D eigenvalue weighted by molar-refractivity contribution is -0.140. The largest absolute Gasteiger partial charge is 0.420 e. The maximum atomic E-state index is 12.6. The summed E-state index contributed by atoms with van der Waals surface area (Å²) < 4.78 is 48.2. The number of rotatable bonds is 0. The van der Waals surface area contributed by atoms with Crippen LogP contribution >= 0.6 is 15.9 Å². The van der Waals surface area contributed by atoms with Crippen molar-refractivity contribution in [1.29, 1.82) is 0 Å². The number of halogens is 5. The highest BCUT2D eigenvalue weighted by molar-refractivity contribution is 9.10. The van der Waals surface area contributed by atoms with Gasteiger partial charge in [-0.3, -0.25) is 0 Å². The maximum absolute atomic E-state index is 12.6. The lowest BCUT2D eigenvalue weighted by atomic mass is 10.3. The van der Waals surface area contributed by atoms with Crippen molar-refractivity contribution in [3.63, 3.8) is 0 Å². The van der Waals surface area contributed by atoms with Crippen LogP contribution in [0.25, 0.3) is 0 Å².